The fraction of sp³-hybridized carbons (Fsp3) is 0.348. The maximum absolute atomic E-state index is 5.66. The van der Waals surface area contributed by atoms with Crippen LogP contribution in [-0.2, 0) is 13.0 Å². The zero-order valence-electron chi connectivity index (χ0n) is 18.7. The zero-order chi connectivity index (χ0) is 21.9. The van der Waals surface area contributed by atoms with Crippen LogP contribution in [0.5, 0.6) is 11.5 Å². The van der Waals surface area contributed by atoms with Crippen molar-refractivity contribution in [1.82, 2.24) is 25.4 Å². The Morgan fingerprint density at radius 3 is 2.62 bits per heavy atom. The molecule has 0 atom stereocenters. The van der Waals surface area contributed by atoms with E-state index in [1.807, 2.05) is 54.0 Å². The second kappa shape index (κ2) is 13.6. The highest BCUT2D eigenvalue weighted by molar-refractivity contribution is 14.0. The van der Waals surface area contributed by atoms with Gasteiger partial charge in [0.25, 0.3) is 0 Å². The zero-order valence-corrected chi connectivity index (χ0v) is 21.1. The molecule has 0 saturated heterocycles. The number of aryl methyl sites for hydroxylation is 1. The first-order valence-corrected chi connectivity index (χ1v) is 10.4. The molecule has 32 heavy (non-hydrogen) atoms. The van der Waals surface area contributed by atoms with Gasteiger partial charge in [0.15, 0.2) is 23.3 Å². The molecule has 0 fully saturated rings. The van der Waals surface area contributed by atoms with Gasteiger partial charge in [-0.3, -0.25) is 9.56 Å². The topological polar surface area (TPSA) is 85.6 Å². The monoisotopic (exact) mass is 550 g/mol. The lowest BCUT2D eigenvalue weighted by Crippen LogP contribution is -2.38. The summed E-state index contributed by atoms with van der Waals surface area (Å²) in [6.07, 6.45) is 3.60. The number of hydrogen-bond acceptors (Lipinski definition) is 5. The lowest BCUT2D eigenvalue weighted by atomic mass is 10.1. The third kappa shape index (κ3) is 7.11. The van der Waals surface area contributed by atoms with Gasteiger partial charge in [0.05, 0.1) is 20.3 Å². The fourth-order valence-corrected chi connectivity index (χ4v) is 3.21. The average molecular weight is 550 g/mol. The Labute approximate surface area is 206 Å². The third-order valence-electron chi connectivity index (χ3n) is 4.75. The van der Waals surface area contributed by atoms with Crippen molar-refractivity contribution < 1.29 is 9.47 Å². The van der Waals surface area contributed by atoms with Crippen LogP contribution < -0.4 is 20.1 Å². The first-order valence-electron chi connectivity index (χ1n) is 10.4. The van der Waals surface area contributed by atoms with E-state index in [1.54, 1.807) is 20.5 Å². The van der Waals surface area contributed by atoms with Crippen molar-refractivity contribution in [3.05, 3.63) is 66.2 Å². The summed E-state index contributed by atoms with van der Waals surface area (Å²) in [6, 6.07) is 16.1. The molecule has 1 heterocycles. The number of benzene rings is 2. The van der Waals surface area contributed by atoms with E-state index in [2.05, 4.69) is 31.9 Å². The molecule has 0 unspecified atom stereocenters. The van der Waals surface area contributed by atoms with Crippen molar-refractivity contribution in [2.45, 2.75) is 26.3 Å². The molecule has 0 aliphatic rings. The van der Waals surface area contributed by atoms with E-state index in [9.17, 15) is 0 Å². The number of para-hydroxylation sites is 1. The summed E-state index contributed by atoms with van der Waals surface area (Å²) in [5.74, 6) is 3.09. The van der Waals surface area contributed by atoms with Gasteiger partial charge in [0, 0.05) is 19.3 Å². The molecule has 3 rings (SSSR count). The Bertz CT molecular complexity index is 978. The third-order valence-corrected chi connectivity index (χ3v) is 4.75. The maximum Gasteiger partial charge on any atom is 0.191 e. The number of nitrogens with zero attached hydrogens (tertiary/aromatic N) is 4. The van der Waals surface area contributed by atoms with Crippen LogP contribution in [0.25, 0.3) is 5.69 Å². The van der Waals surface area contributed by atoms with Crippen LogP contribution in [0.15, 0.2) is 59.9 Å². The number of aromatic nitrogens is 3. The Hall–Kier alpha value is -2.82. The maximum atomic E-state index is 5.66. The highest BCUT2D eigenvalue weighted by atomic mass is 127. The van der Waals surface area contributed by atoms with Gasteiger partial charge in [-0.25, -0.2) is 0 Å². The number of hydrogen-bond donors (Lipinski definition) is 2. The van der Waals surface area contributed by atoms with E-state index >= 15 is 0 Å². The number of nitrogens with one attached hydrogen (secondary N) is 2. The molecule has 172 valence electrons. The molecular formula is C23H31IN6O2. The molecule has 0 radical (unpaired) electrons. The van der Waals surface area contributed by atoms with E-state index in [0.717, 1.165) is 48.4 Å². The molecule has 0 saturated carbocycles. The van der Waals surface area contributed by atoms with Crippen molar-refractivity contribution in [2.75, 3.05) is 27.3 Å². The van der Waals surface area contributed by atoms with E-state index in [4.69, 9.17) is 9.47 Å². The van der Waals surface area contributed by atoms with Crippen molar-refractivity contribution >= 4 is 29.9 Å². The van der Waals surface area contributed by atoms with Crippen molar-refractivity contribution in [1.29, 1.82) is 0 Å². The minimum Gasteiger partial charge on any atom is -0.493 e. The predicted octanol–water partition coefficient (Wildman–Crippen LogP) is 3.59. The molecule has 0 spiro atoms. The summed E-state index contributed by atoms with van der Waals surface area (Å²) in [7, 11) is 3.41. The van der Waals surface area contributed by atoms with Crippen LogP contribution in [0.1, 0.15) is 24.7 Å². The quantitative estimate of drug-likeness (QED) is 0.174. The largest absolute Gasteiger partial charge is 0.493 e. The standard InChI is InChI=1S/C23H30N6O2.HI/c1-4-31-21-15-18(12-13-20(21)30-3)9-8-14-25-23(24-2)26-16-22-28-27-17-29(22)19-10-6-5-7-11-19;/h5-7,10-13,15,17H,4,8-9,14,16H2,1-3H3,(H2,24,25,26);1H. The molecular weight excluding hydrogens is 519 g/mol. The van der Waals surface area contributed by atoms with E-state index in [1.165, 1.54) is 5.56 Å². The number of methoxy groups -OCH3 is 1. The lowest BCUT2D eigenvalue weighted by molar-refractivity contribution is 0.310. The summed E-state index contributed by atoms with van der Waals surface area (Å²) in [5, 5.41) is 14.9. The SMILES string of the molecule is CCOc1cc(CCCNC(=NC)NCc2nncn2-c2ccccc2)ccc1OC.I. The molecule has 2 N–H and O–H groups in total. The smallest absolute Gasteiger partial charge is 0.191 e. The van der Waals surface area contributed by atoms with Crippen molar-refractivity contribution in [2.24, 2.45) is 4.99 Å². The van der Waals surface area contributed by atoms with Crippen LogP contribution in [0.4, 0.5) is 0 Å². The molecule has 1 aromatic heterocycles. The summed E-state index contributed by atoms with van der Waals surface area (Å²) < 4.78 is 13.0. The summed E-state index contributed by atoms with van der Waals surface area (Å²) in [4.78, 5) is 4.30. The van der Waals surface area contributed by atoms with Crippen LogP contribution >= 0.6 is 24.0 Å². The van der Waals surface area contributed by atoms with Gasteiger partial charge >= 0.3 is 0 Å². The lowest BCUT2D eigenvalue weighted by Gasteiger charge is -2.13. The second-order valence-electron chi connectivity index (χ2n) is 6.83. The Kier molecular flexibility index (Phi) is 10.8. The van der Waals surface area contributed by atoms with Gasteiger partial charge in [0.1, 0.15) is 6.33 Å². The highest BCUT2D eigenvalue weighted by Crippen LogP contribution is 2.28. The predicted molar refractivity (Wildman–Crippen MR) is 137 cm³/mol. The first kappa shape index (κ1) is 25.4. The average Bonchev–Trinajstić information content (AvgIpc) is 3.28. The molecule has 2 aromatic carbocycles. The van der Waals surface area contributed by atoms with Gasteiger partial charge in [-0.05, 0) is 49.6 Å². The number of ether oxygens (including phenoxy) is 2. The second-order valence-corrected chi connectivity index (χ2v) is 6.83. The van der Waals surface area contributed by atoms with Crippen LogP contribution in [0, 0.1) is 0 Å². The molecule has 0 aliphatic carbocycles. The van der Waals surface area contributed by atoms with Crippen LogP contribution in [0.3, 0.4) is 0 Å². The van der Waals surface area contributed by atoms with Gasteiger partial charge in [-0.1, -0.05) is 24.3 Å². The summed E-state index contributed by atoms with van der Waals surface area (Å²) >= 11 is 0. The summed E-state index contributed by atoms with van der Waals surface area (Å²) in [6.45, 7) is 3.89. The van der Waals surface area contributed by atoms with Gasteiger partial charge in [0.2, 0.25) is 0 Å². The number of guanidine groups is 1. The fourth-order valence-electron chi connectivity index (χ4n) is 3.21. The molecule has 0 amide bonds. The van der Waals surface area contributed by atoms with Gasteiger partial charge < -0.3 is 20.1 Å². The minimum atomic E-state index is 0. The molecule has 8 nitrogen and oxygen atoms in total. The Morgan fingerprint density at radius 1 is 1.09 bits per heavy atom. The number of aliphatic imine (C=N–C) groups is 1. The number of rotatable bonds is 10. The first-order chi connectivity index (χ1) is 15.2. The molecule has 0 aliphatic heterocycles. The Balaban J connectivity index is 0.00000363. The van der Waals surface area contributed by atoms with Crippen molar-refractivity contribution in [3.8, 4) is 17.2 Å². The van der Waals surface area contributed by atoms with E-state index in [0.29, 0.717) is 13.2 Å². The molecule has 3 aromatic rings. The van der Waals surface area contributed by atoms with Crippen molar-refractivity contribution in [3.63, 3.8) is 0 Å². The Morgan fingerprint density at radius 2 is 1.91 bits per heavy atom. The van der Waals surface area contributed by atoms with Crippen LogP contribution in [-0.4, -0.2) is 48.0 Å². The molecule has 0 bridgehead atoms. The van der Waals surface area contributed by atoms with E-state index < -0.39 is 0 Å². The van der Waals surface area contributed by atoms with Gasteiger partial charge in [-0.15, -0.1) is 34.2 Å². The van der Waals surface area contributed by atoms with Gasteiger partial charge in [-0.2, -0.15) is 0 Å². The highest BCUT2D eigenvalue weighted by Gasteiger charge is 2.08. The minimum absolute atomic E-state index is 0. The number of halogens is 1. The molecule has 9 heteroatoms. The summed E-state index contributed by atoms with van der Waals surface area (Å²) in [5.41, 5.74) is 2.24. The van der Waals surface area contributed by atoms with E-state index in [-0.39, 0.29) is 24.0 Å². The van der Waals surface area contributed by atoms with Crippen LogP contribution in [0.2, 0.25) is 0 Å². The normalized spacial score (nSPS) is 10.9.